The second kappa shape index (κ2) is 9.00. The van der Waals surface area contributed by atoms with Crippen molar-refractivity contribution in [2.75, 3.05) is 10.6 Å². The van der Waals surface area contributed by atoms with Crippen LogP contribution >= 0.6 is 11.3 Å². The van der Waals surface area contributed by atoms with Crippen LogP contribution in [0.4, 0.5) is 17.5 Å². The molecule has 1 aliphatic rings. The third-order valence-corrected chi connectivity index (χ3v) is 5.83. The minimum Gasteiger partial charge on any atom is -0.403 e. The summed E-state index contributed by atoms with van der Waals surface area (Å²) in [4.78, 5) is 18.0. The van der Waals surface area contributed by atoms with Gasteiger partial charge in [0.2, 0.25) is 5.95 Å². The van der Waals surface area contributed by atoms with Gasteiger partial charge in [0.05, 0.1) is 27.8 Å². The Morgan fingerprint density at radius 3 is 2.90 bits per heavy atom. The summed E-state index contributed by atoms with van der Waals surface area (Å²) in [5, 5.41) is 8.86. The maximum Gasteiger partial charge on any atom is 0.229 e. The molecular weight excluding hydrogens is 382 g/mol. The lowest BCUT2D eigenvalue weighted by atomic mass is 9.95. The molecule has 0 saturated heterocycles. The second-order valence-corrected chi connectivity index (χ2v) is 8.09. The summed E-state index contributed by atoms with van der Waals surface area (Å²) in [5.41, 5.74) is 9.07. The van der Waals surface area contributed by atoms with E-state index in [1.807, 2.05) is 30.5 Å². The standard InChI is InChI=1S/C21H25N7S/c1-14-11-16(7-9-23-14)24-13-17(12-22)26-21-27-18-8-10-29-19(18)20(28-21)25-15-5-3-2-4-6-15/h7-13,15H,2-6,22H2,1H3,(H2,25,26,27,28). The van der Waals surface area contributed by atoms with E-state index in [0.29, 0.717) is 17.7 Å². The van der Waals surface area contributed by atoms with Crippen LogP contribution in [0.3, 0.4) is 0 Å². The summed E-state index contributed by atoms with van der Waals surface area (Å²) < 4.78 is 1.08. The van der Waals surface area contributed by atoms with Crippen molar-refractivity contribution in [2.24, 2.45) is 10.7 Å². The number of aliphatic imine (C=N–C) groups is 1. The SMILES string of the molecule is Cc1cc(N=CC(=CN)Nc2nc(NC3CCCCC3)c3sccc3n2)ccn1. The molecule has 1 fully saturated rings. The maximum absolute atomic E-state index is 5.80. The van der Waals surface area contributed by atoms with Gasteiger partial charge in [-0.3, -0.25) is 9.98 Å². The third-order valence-electron chi connectivity index (χ3n) is 4.92. The van der Waals surface area contributed by atoms with Crippen molar-refractivity contribution in [1.29, 1.82) is 0 Å². The minimum absolute atomic E-state index is 0.470. The first-order valence-corrected chi connectivity index (χ1v) is 10.8. The fourth-order valence-electron chi connectivity index (χ4n) is 3.46. The highest BCUT2D eigenvalue weighted by atomic mass is 32.1. The first-order valence-electron chi connectivity index (χ1n) is 9.89. The lowest BCUT2D eigenvalue weighted by molar-refractivity contribution is 0.462. The summed E-state index contributed by atoms with van der Waals surface area (Å²) in [7, 11) is 0. The minimum atomic E-state index is 0.470. The summed E-state index contributed by atoms with van der Waals surface area (Å²) >= 11 is 1.66. The molecule has 0 amide bonds. The molecule has 0 bridgehead atoms. The second-order valence-electron chi connectivity index (χ2n) is 7.17. The van der Waals surface area contributed by atoms with E-state index in [2.05, 4.69) is 25.6 Å². The van der Waals surface area contributed by atoms with Crippen LogP contribution in [0.15, 0.2) is 46.7 Å². The van der Waals surface area contributed by atoms with Gasteiger partial charge in [0.15, 0.2) is 0 Å². The predicted molar refractivity (Wildman–Crippen MR) is 121 cm³/mol. The van der Waals surface area contributed by atoms with E-state index in [-0.39, 0.29) is 0 Å². The lowest BCUT2D eigenvalue weighted by Crippen LogP contribution is -2.23. The number of hydrogen-bond acceptors (Lipinski definition) is 8. The van der Waals surface area contributed by atoms with E-state index < -0.39 is 0 Å². The summed E-state index contributed by atoms with van der Waals surface area (Å²) in [6.45, 7) is 1.93. The zero-order valence-corrected chi connectivity index (χ0v) is 17.2. The molecule has 150 valence electrons. The fourth-order valence-corrected chi connectivity index (χ4v) is 4.24. The van der Waals surface area contributed by atoms with Crippen molar-refractivity contribution in [2.45, 2.75) is 45.1 Å². The Kier molecular flexibility index (Phi) is 6.00. The largest absolute Gasteiger partial charge is 0.403 e. The van der Waals surface area contributed by atoms with Gasteiger partial charge in [-0.05, 0) is 43.3 Å². The highest BCUT2D eigenvalue weighted by Crippen LogP contribution is 2.30. The van der Waals surface area contributed by atoms with Gasteiger partial charge in [0.25, 0.3) is 0 Å². The zero-order valence-electron chi connectivity index (χ0n) is 16.4. The normalized spacial score (nSPS) is 15.8. The van der Waals surface area contributed by atoms with Crippen molar-refractivity contribution < 1.29 is 0 Å². The van der Waals surface area contributed by atoms with E-state index >= 15 is 0 Å². The highest BCUT2D eigenvalue weighted by molar-refractivity contribution is 7.17. The Bertz CT molecular complexity index is 1030. The quantitative estimate of drug-likeness (QED) is 0.510. The van der Waals surface area contributed by atoms with Crippen molar-refractivity contribution >= 4 is 45.2 Å². The molecule has 0 radical (unpaired) electrons. The van der Waals surface area contributed by atoms with Gasteiger partial charge in [0.1, 0.15) is 5.82 Å². The topological polar surface area (TPSA) is 101 Å². The number of hydrogen-bond donors (Lipinski definition) is 3. The molecule has 3 heterocycles. The number of nitrogens with zero attached hydrogens (tertiary/aromatic N) is 4. The van der Waals surface area contributed by atoms with Gasteiger partial charge in [-0.2, -0.15) is 4.98 Å². The average molecular weight is 408 g/mol. The number of aromatic nitrogens is 3. The Balaban J connectivity index is 1.54. The molecule has 1 aliphatic carbocycles. The molecule has 0 aliphatic heterocycles. The van der Waals surface area contributed by atoms with E-state index in [4.69, 9.17) is 10.7 Å². The van der Waals surface area contributed by atoms with Crippen LogP contribution < -0.4 is 16.4 Å². The van der Waals surface area contributed by atoms with Crippen molar-refractivity contribution in [3.05, 3.63) is 47.4 Å². The van der Waals surface area contributed by atoms with Gasteiger partial charge in [-0.15, -0.1) is 11.3 Å². The Morgan fingerprint density at radius 1 is 1.24 bits per heavy atom. The molecule has 0 aromatic carbocycles. The number of anilines is 2. The average Bonchev–Trinajstić information content (AvgIpc) is 3.21. The van der Waals surface area contributed by atoms with E-state index in [1.54, 1.807) is 23.7 Å². The van der Waals surface area contributed by atoms with Crippen LogP contribution in [0.25, 0.3) is 10.2 Å². The van der Waals surface area contributed by atoms with Crippen LogP contribution in [0.1, 0.15) is 37.8 Å². The van der Waals surface area contributed by atoms with Crippen molar-refractivity contribution in [3.63, 3.8) is 0 Å². The molecule has 0 unspecified atom stereocenters. The molecule has 0 spiro atoms. The molecule has 3 aromatic rings. The third kappa shape index (κ3) is 4.89. The van der Waals surface area contributed by atoms with Crippen molar-refractivity contribution in [3.8, 4) is 0 Å². The number of nitrogens with two attached hydrogens (primary N) is 1. The number of thiophene rings is 1. The van der Waals surface area contributed by atoms with Crippen LogP contribution in [0.2, 0.25) is 0 Å². The Hall–Kier alpha value is -3.00. The number of allylic oxidation sites excluding steroid dienone is 1. The monoisotopic (exact) mass is 407 g/mol. The number of rotatable bonds is 6. The van der Waals surface area contributed by atoms with Gasteiger partial charge in [-0.1, -0.05) is 19.3 Å². The van der Waals surface area contributed by atoms with Gasteiger partial charge in [0, 0.05) is 24.1 Å². The van der Waals surface area contributed by atoms with Crippen LogP contribution in [-0.4, -0.2) is 27.2 Å². The molecule has 0 atom stereocenters. The molecule has 4 rings (SSSR count). The smallest absolute Gasteiger partial charge is 0.229 e. The van der Waals surface area contributed by atoms with Crippen molar-refractivity contribution in [1.82, 2.24) is 15.0 Å². The van der Waals surface area contributed by atoms with Gasteiger partial charge >= 0.3 is 0 Å². The van der Waals surface area contributed by atoms with Gasteiger partial charge < -0.3 is 16.4 Å². The molecule has 29 heavy (non-hydrogen) atoms. The molecule has 4 N–H and O–H groups in total. The highest BCUT2D eigenvalue weighted by Gasteiger charge is 2.17. The lowest BCUT2D eigenvalue weighted by Gasteiger charge is -2.23. The number of fused-ring (bicyclic) bond motifs is 1. The molecule has 8 heteroatoms. The molecule has 3 aromatic heterocycles. The van der Waals surface area contributed by atoms with Crippen LogP contribution in [-0.2, 0) is 0 Å². The van der Waals surface area contributed by atoms with E-state index in [0.717, 1.165) is 27.4 Å². The number of aryl methyl sites for hydroxylation is 1. The predicted octanol–water partition coefficient (Wildman–Crippen LogP) is 4.75. The first kappa shape index (κ1) is 19.3. The Morgan fingerprint density at radius 2 is 2.10 bits per heavy atom. The summed E-state index contributed by atoms with van der Waals surface area (Å²) in [6.07, 6.45) is 11.1. The maximum atomic E-state index is 5.80. The van der Waals surface area contributed by atoms with Crippen LogP contribution in [0.5, 0.6) is 0 Å². The van der Waals surface area contributed by atoms with Crippen LogP contribution in [0, 0.1) is 6.92 Å². The first-order chi connectivity index (χ1) is 14.2. The molecule has 7 nitrogen and oxygen atoms in total. The van der Waals surface area contributed by atoms with E-state index in [1.165, 1.54) is 38.3 Å². The fraction of sp³-hybridized carbons (Fsp3) is 0.333. The number of nitrogens with one attached hydrogen (secondary N) is 2. The summed E-state index contributed by atoms with van der Waals surface area (Å²) in [5.74, 6) is 1.39. The summed E-state index contributed by atoms with van der Waals surface area (Å²) in [6, 6.07) is 6.24. The zero-order chi connectivity index (χ0) is 20.1. The Labute approximate surface area is 174 Å². The number of pyridine rings is 1. The molecule has 1 saturated carbocycles. The van der Waals surface area contributed by atoms with E-state index in [9.17, 15) is 0 Å². The van der Waals surface area contributed by atoms with Gasteiger partial charge in [-0.25, -0.2) is 4.98 Å². The molecular formula is C21H25N7S.